The molecule has 2 aromatic rings. The van der Waals surface area contributed by atoms with Crippen molar-refractivity contribution in [1.29, 1.82) is 0 Å². The normalized spacial score (nSPS) is 10.9. The largest absolute Gasteiger partial charge is 0.268 e. The number of hydrogen-bond donors (Lipinski definition) is 0. The van der Waals surface area contributed by atoms with Gasteiger partial charge in [-0.2, -0.15) is 5.10 Å². The summed E-state index contributed by atoms with van der Waals surface area (Å²) in [5.41, 5.74) is 3.69. The lowest BCUT2D eigenvalue weighted by Crippen LogP contribution is -2.07. The topological polar surface area (TPSA) is 17.8 Å². The number of alkyl halides is 1. The second-order valence-electron chi connectivity index (χ2n) is 4.60. The fourth-order valence-electron chi connectivity index (χ4n) is 2.37. The number of aromatic nitrogens is 2. The van der Waals surface area contributed by atoms with Gasteiger partial charge in [0, 0.05) is 21.9 Å². The van der Waals surface area contributed by atoms with Gasteiger partial charge in [-0.1, -0.05) is 32.0 Å². The van der Waals surface area contributed by atoms with E-state index in [0.29, 0.717) is 5.88 Å². The molecule has 0 amide bonds. The molecule has 0 unspecified atom stereocenters. The Bertz CT molecular complexity index is 537. The predicted octanol–water partition coefficient (Wildman–Crippen LogP) is 4.54. The van der Waals surface area contributed by atoms with Crippen molar-refractivity contribution in [2.45, 2.75) is 44.0 Å². The van der Waals surface area contributed by atoms with Gasteiger partial charge in [-0.15, -0.1) is 23.4 Å². The Morgan fingerprint density at radius 1 is 1.15 bits per heavy atom. The van der Waals surface area contributed by atoms with Crippen LogP contribution in [-0.4, -0.2) is 15.5 Å². The van der Waals surface area contributed by atoms with Crippen LogP contribution in [-0.2, 0) is 25.3 Å². The van der Waals surface area contributed by atoms with Gasteiger partial charge in [-0.05, 0) is 25.0 Å². The van der Waals surface area contributed by atoms with Gasteiger partial charge in [-0.25, -0.2) is 0 Å². The highest BCUT2D eigenvalue weighted by atomic mass is 35.5. The highest BCUT2D eigenvalue weighted by Gasteiger charge is 2.14. The molecule has 0 fully saturated rings. The second-order valence-corrected chi connectivity index (χ2v) is 6.03. The summed E-state index contributed by atoms with van der Waals surface area (Å²) in [5.74, 6) is 1.60. The first-order chi connectivity index (χ1) is 9.80. The summed E-state index contributed by atoms with van der Waals surface area (Å²) in [6, 6.07) is 10.5. The summed E-state index contributed by atoms with van der Waals surface area (Å²) in [6.45, 7) is 5.25. The molecule has 20 heavy (non-hydrogen) atoms. The van der Waals surface area contributed by atoms with Crippen LogP contribution in [0, 0.1) is 0 Å². The molecule has 0 atom stereocenters. The Kier molecular flexibility index (Phi) is 5.99. The molecule has 1 aromatic heterocycles. The monoisotopic (exact) mass is 308 g/mol. The minimum absolute atomic E-state index is 0.568. The summed E-state index contributed by atoms with van der Waals surface area (Å²) in [7, 11) is 0. The van der Waals surface area contributed by atoms with Crippen LogP contribution in [0.1, 0.15) is 30.8 Å². The van der Waals surface area contributed by atoms with Crippen molar-refractivity contribution in [3.8, 4) is 0 Å². The van der Waals surface area contributed by atoms with Crippen LogP contribution in [0.2, 0.25) is 0 Å². The number of aryl methyl sites for hydroxylation is 2. The van der Waals surface area contributed by atoms with E-state index in [1.165, 1.54) is 16.2 Å². The van der Waals surface area contributed by atoms with Crippen molar-refractivity contribution in [2.24, 2.45) is 0 Å². The molecule has 0 aliphatic carbocycles. The molecule has 0 aliphatic rings. The Morgan fingerprint density at radius 2 is 1.90 bits per heavy atom. The van der Waals surface area contributed by atoms with Gasteiger partial charge in [0.2, 0.25) is 0 Å². The van der Waals surface area contributed by atoms with Crippen molar-refractivity contribution in [2.75, 3.05) is 5.75 Å². The first-order valence-corrected chi connectivity index (χ1v) is 8.63. The Morgan fingerprint density at radius 3 is 2.50 bits per heavy atom. The number of thioether (sulfide) groups is 1. The average molecular weight is 309 g/mol. The van der Waals surface area contributed by atoms with E-state index >= 15 is 0 Å². The van der Waals surface area contributed by atoms with E-state index in [1.807, 2.05) is 17.8 Å². The molecule has 0 radical (unpaired) electrons. The minimum Gasteiger partial charge on any atom is -0.268 e. The molecule has 0 saturated heterocycles. The molecule has 0 saturated carbocycles. The van der Waals surface area contributed by atoms with Crippen molar-refractivity contribution < 1.29 is 0 Å². The molecular weight excluding hydrogens is 288 g/mol. The number of hydrogen-bond acceptors (Lipinski definition) is 2. The van der Waals surface area contributed by atoms with Gasteiger partial charge < -0.3 is 0 Å². The molecule has 2 nitrogen and oxygen atoms in total. The standard InChI is InChI=1S/C16H21ClN2S/c1-3-15-14(12-17)16(4-2)19(18-15)10-11-20-13-8-6-5-7-9-13/h5-9H,3-4,10-12H2,1-2H3. The summed E-state index contributed by atoms with van der Waals surface area (Å²) in [4.78, 5) is 1.31. The van der Waals surface area contributed by atoms with Gasteiger partial charge in [0.1, 0.15) is 0 Å². The second kappa shape index (κ2) is 7.75. The maximum Gasteiger partial charge on any atom is 0.0668 e. The number of halogens is 1. The fraction of sp³-hybridized carbons (Fsp3) is 0.438. The van der Waals surface area contributed by atoms with Crippen LogP contribution < -0.4 is 0 Å². The van der Waals surface area contributed by atoms with Crippen LogP contribution >= 0.6 is 23.4 Å². The van der Waals surface area contributed by atoms with Gasteiger partial charge in [0.25, 0.3) is 0 Å². The zero-order valence-corrected chi connectivity index (χ0v) is 13.7. The van der Waals surface area contributed by atoms with Crippen molar-refractivity contribution in [3.05, 3.63) is 47.3 Å². The number of nitrogens with zero attached hydrogens (tertiary/aromatic N) is 2. The van der Waals surface area contributed by atoms with E-state index in [2.05, 4.69) is 42.8 Å². The van der Waals surface area contributed by atoms with E-state index in [4.69, 9.17) is 16.7 Å². The summed E-state index contributed by atoms with van der Waals surface area (Å²) >= 11 is 7.95. The predicted molar refractivity (Wildman–Crippen MR) is 87.7 cm³/mol. The lowest BCUT2D eigenvalue weighted by Gasteiger charge is -2.07. The maximum absolute atomic E-state index is 6.08. The molecule has 1 aromatic carbocycles. The maximum atomic E-state index is 6.08. The average Bonchev–Trinajstić information content (AvgIpc) is 2.85. The van der Waals surface area contributed by atoms with Gasteiger partial charge in [0.05, 0.1) is 18.1 Å². The van der Waals surface area contributed by atoms with E-state index in [0.717, 1.165) is 30.8 Å². The van der Waals surface area contributed by atoms with Gasteiger partial charge in [-0.3, -0.25) is 4.68 Å². The number of benzene rings is 1. The zero-order chi connectivity index (χ0) is 14.4. The summed E-state index contributed by atoms with van der Waals surface area (Å²) in [5, 5.41) is 4.72. The highest BCUT2D eigenvalue weighted by molar-refractivity contribution is 7.99. The quantitative estimate of drug-likeness (QED) is 0.552. The van der Waals surface area contributed by atoms with Gasteiger partial charge >= 0.3 is 0 Å². The van der Waals surface area contributed by atoms with E-state index in [9.17, 15) is 0 Å². The van der Waals surface area contributed by atoms with E-state index in [-0.39, 0.29) is 0 Å². The highest BCUT2D eigenvalue weighted by Crippen LogP contribution is 2.21. The zero-order valence-electron chi connectivity index (χ0n) is 12.1. The van der Waals surface area contributed by atoms with Gasteiger partial charge in [0.15, 0.2) is 0 Å². The summed E-state index contributed by atoms with van der Waals surface area (Å²) < 4.78 is 2.15. The van der Waals surface area contributed by atoms with Crippen LogP contribution in [0.4, 0.5) is 0 Å². The van der Waals surface area contributed by atoms with Crippen molar-refractivity contribution in [1.82, 2.24) is 9.78 Å². The molecular formula is C16H21ClN2S. The summed E-state index contributed by atoms with van der Waals surface area (Å²) in [6.07, 6.45) is 1.94. The Hall–Kier alpha value is -0.930. The number of rotatable bonds is 7. The van der Waals surface area contributed by atoms with Crippen LogP contribution in [0.25, 0.3) is 0 Å². The van der Waals surface area contributed by atoms with Crippen molar-refractivity contribution in [3.63, 3.8) is 0 Å². The lowest BCUT2D eigenvalue weighted by atomic mass is 10.1. The smallest absolute Gasteiger partial charge is 0.0668 e. The van der Waals surface area contributed by atoms with E-state index < -0.39 is 0 Å². The molecule has 1 heterocycles. The molecule has 4 heteroatoms. The van der Waals surface area contributed by atoms with Crippen LogP contribution in [0.3, 0.4) is 0 Å². The fourth-order valence-corrected chi connectivity index (χ4v) is 3.53. The molecule has 0 N–H and O–H groups in total. The van der Waals surface area contributed by atoms with E-state index in [1.54, 1.807) is 0 Å². The SMILES string of the molecule is CCc1nn(CCSc2ccccc2)c(CC)c1CCl. The third kappa shape index (κ3) is 3.58. The Balaban J connectivity index is 2.04. The molecule has 0 bridgehead atoms. The molecule has 108 valence electrons. The lowest BCUT2D eigenvalue weighted by molar-refractivity contribution is 0.623. The third-order valence-corrected chi connectivity index (χ3v) is 4.63. The molecule has 0 spiro atoms. The Labute approximate surface area is 130 Å². The third-order valence-electron chi connectivity index (χ3n) is 3.37. The first kappa shape index (κ1) is 15.5. The van der Waals surface area contributed by atoms with Crippen LogP contribution in [0.5, 0.6) is 0 Å². The van der Waals surface area contributed by atoms with Crippen LogP contribution in [0.15, 0.2) is 35.2 Å². The molecule has 0 aliphatic heterocycles. The molecule has 2 rings (SSSR count). The van der Waals surface area contributed by atoms with Crippen molar-refractivity contribution >= 4 is 23.4 Å². The minimum atomic E-state index is 0.568. The first-order valence-electron chi connectivity index (χ1n) is 7.11.